The number of nitrogens with zero attached hydrogens (tertiary/aromatic N) is 2. The minimum absolute atomic E-state index is 0.551. The molecule has 0 bridgehead atoms. The lowest BCUT2D eigenvalue weighted by molar-refractivity contribution is 0.697. The summed E-state index contributed by atoms with van der Waals surface area (Å²) in [4.78, 5) is 0. The number of benzene rings is 1. The van der Waals surface area contributed by atoms with Gasteiger partial charge in [-0.25, -0.2) is 4.68 Å². The fourth-order valence-corrected chi connectivity index (χ4v) is 2.21. The van der Waals surface area contributed by atoms with Gasteiger partial charge >= 0.3 is 0 Å². The summed E-state index contributed by atoms with van der Waals surface area (Å²) < 4.78 is 3.47. The zero-order valence-corrected chi connectivity index (χ0v) is 12.1. The van der Waals surface area contributed by atoms with E-state index in [1.54, 1.807) is 10.9 Å². The first kappa shape index (κ1) is 12.0. The summed E-state index contributed by atoms with van der Waals surface area (Å²) in [5, 5.41) is 4.86. The van der Waals surface area contributed by atoms with E-state index in [2.05, 4.69) is 37.0 Å². The van der Waals surface area contributed by atoms with Gasteiger partial charge in [-0.05, 0) is 39.7 Å². The molecule has 2 rings (SSSR count). The first-order chi connectivity index (χ1) is 7.58. The molecule has 0 unspecified atom stereocenters. The minimum Gasteiger partial charge on any atom is -0.383 e. The third-order valence-electron chi connectivity index (χ3n) is 2.16. The van der Waals surface area contributed by atoms with E-state index in [9.17, 15) is 0 Å². The van der Waals surface area contributed by atoms with Crippen LogP contribution < -0.4 is 5.73 Å². The number of nitrogen functional groups attached to an aromatic ring is 1. The molecule has 0 aliphatic heterocycles. The maximum atomic E-state index is 6.09. The van der Waals surface area contributed by atoms with E-state index < -0.39 is 0 Å². The third-order valence-corrected chi connectivity index (χ3v) is 3.63. The molecule has 0 aliphatic carbocycles. The van der Waals surface area contributed by atoms with Crippen LogP contribution in [-0.2, 0) is 6.54 Å². The molecule has 0 fully saturated rings. The zero-order valence-electron chi connectivity index (χ0n) is 8.12. The SMILES string of the molecule is Nc1c(Br)cnn1Cc1cc(Br)ccc1Cl. The highest BCUT2D eigenvalue weighted by Crippen LogP contribution is 2.24. The van der Waals surface area contributed by atoms with Crippen LogP contribution in [0.5, 0.6) is 0 Å². The predicted molar refractivity (Wildman–Crippen MR) is 72.6 cm³/mol. The Labute approximate surface area is 115 Å². The number of nitrogens with two attached hydrogens (primary N) is 1. The molecule has 0 saturated carbocycles. The minimum atomic E-state index is 0.551. The van der Waals surface area contributed by atoms with Crippen LogP contribution in [0.15, 0.2) is 33.3 Å². The van der Waals surface area contributed by atoms with Crippen molar-refractivity contribution in [1.82, 2.24) is 9.78 Å². The Morgan fingerprint density at radius 2 is 2.12 bits per heavy atom. The second kappa shape index (κ2) is 4.77. The first-order valence-electron chi connectivity index (χ1n) is 4.48. The number of rotatable bonds is 2. The van der Waals surface area contributed by atoms with Crippen molar-refractivity contribution in [3.8, 4) is 0 Å². The number of hydrogen-bond acceptors (Lipinski definition) is 2. The lowest BCUT2D eigenvalue weighted by Gasteiger charge is -2.07. The Bertz CT molecular complexity index is 525. The predicted octanol–water partition coefficient (Wildman–Crippen LogP) is 3.69. The summed E-state index contributed by atoms with van der Waals surface area (Å²) in [6.07, 6.45) is 1.67. The highest BCUT2D eigenvalue weighted by atomic mass is 79.9. The molecule has 1 heterocycles. The second-order valence-electron chi connectivity index (χ2n) is 3.27. The van der Waals surface area contributed by atoms with Crippen LogP contribution in [0.4, 0.5) is 5.82 Å². The molecule has 6 heteroatoms. The Kier molecular flexibility index (Phi) is 3.56. The second-order valence-corrected chi connectivity index (χ2v) is 5.45. The summed E-state index contributed by atoms with van der Waals surface area (Å²) in [6, 6.07) is 5.70. The Morgan fingerprint density at radius 1 is 1.38 bits per heavy atom. The van der Waals surface area contributed by atoms with Gasteiger partial charge in [0.05, 0.1) is 17.2 Å². The lowest BCUT2D eigenvalue weighted by atomic mass is 10.2. The highest BCUT2D eigenvalue weighted by Gasteiger charge is 2.07. The Hall–Kier alpha value is -0.520. The van der Waals surface area contributed by atoms with E-state index in [1.807, 2.05) is 18.2 Å². The number of aromatic nitrogens is 2. The number of halogens is 3. The van der Waals surface area contributed by atoms with Gasteiger partial charge in [0.2, 0.25) is 0 Å². The molecule has 1 aromatic carbocycles. The van der Waals surface area contributed by atoms with E-state index in [4.69, 9.17) is 17.3 Å². The number of anilines is 1. The summed E-state index contributed by atoms with van der Waals surface area (Å²) in [5.74, 6) is 0.594. The summed E-state index contributed by atoms with van der Waals surface area (Å²) >= 11 is 12.8. The van der Waals surface area contributed by atoms with Crippen molar-refractivity contribution in [2.75, 3.05) is 5.73 Å². The summed E-state index contributed by atoms with van der Waals surface area (Å²) in [6.45, 7) is 0.551. The third kappa shape index (κ3) is 2.42. The van der Waals surface area contributed by atoms with Crippen molar-refractivity contribution in [2.45, 2.75) is 6.54 Å². The first-order valence-corrected chi connectivity index (χ1v) is 6.45. The average Bonchev–Trinajstić information content (AvgIpc) is 2.55. The van der Waals surface area contributed by atoms with E-state index >= 15 is 0 Å². The molecule has 1 aromatic heterocycles. The van der Waals surface area contributed by atoms with E-state index in [0.29, 0.717) is 17.4 Å². The van der Waals surface area contributed by atoms with Crippen molar-refractivity contribution < 1.29 is 0 Å². The van der Waals surface area contributed by atoms with Crippen molar-refractivity contribution in [3.05, 3.63) is 43.9 Å². The molecule has 3 nitrogen and oxygen atoms in total. The Balaban J connectivity index is 2.33. The standard InChI is InChI=1S/C10H8Br2ClN3/c11-7-1-2-9(13)6(3-7)5-16-10(14)8(12)4-15-16/h1-4H,5,14H2. The summed E-state index contributed by atoms with van der Waals surface area (Å²) in [5.41, 5.74) is 6.81. The van der Waals surface area contributed by atoms with Crippen LogP contribution in [0, 0.1) is 0 Å². The molecular formula is C10H8Br2ClN3. The van der Waals surface area contributed by atoms with Gasteiger partial charge < -0.3 is 5.73 Å². The molecular weight excluding hydrogens is 357 g/mol. The van der Waals surface area contributed by atoms with Gasteiger partial charge in [-0.1, -0.05) is 27.5 Å². The molecule has 0 amide bonds. The number of hydrogen-bond donors (Lipinski definition) is 1. The fraction of sp³-hybridized carbons (Fsp3) is 0.100. The summed E-state index contributed by atoms with van der Waals surface area (Å²) in [7, 11) is 0. The molecule has 16 heavy (non-hydrogen) atoms. The van der Waals surface area contributed by atoms with Gasteiger partial charge in [0.25, 0.3) is 0 Å². The van der Waals surface area contributed by atoms with Crippen molar-refractivity contribution in [2.24, 2.45) is 0 Å². The lowest BCUT2D eigenvalue weighted by Crippen LogP contribution is -2.06. The fourth-order valence-electron chi connectivity index (χ4n) is 1.32. The van der Waals surface area contributed by atoms with Gasteiger partial charge in [0.1, 0.15) is 5.82 Å². The Morgan fingerprint density at radius 3 is 2.75 bits per heavy atom. The molecule has 0 atom stereocenters. The van der Waals surface area contributed by atoms with Crippen LogP contribution in [0.25, 0.3) is 0 Å². The van der Waals surface area contributed by atoms with Crippen molar-refractivity contribution >= 4 is 49.3 Å². The van der Waals surface area contributed by atoms with Gasteiger partial charge in [0.15, 0.2) is 0 Å². The van der Waals surface area contributed by atoms with Crippen molar-refractivity contribution in [3.63, 3.8) is 0 Å². The van der Waals surface area contributed by atoms with Crippen LogP contribution in [0.2, 0.25) is 5.02 Å². The molecule has 0 radical (unpaired) electrons. The van der Waals surface area contributed by atoms with Crippen LogP contribution in [0.3, 0.4) is 0 Å². The quantitative estimate of drug-likeness (QED) is 0.882. The van der Waals surface area contributed by atoms with Gasteiger partial charge in [-0.3, -0.25) is 0 Å². The molecule has 0 spiro atoms. The monoisotopic (exact) mass is 363 g/mol. The van der Waals surface area contributed by atoms with Crippen LogP contribution in [-0.4, -0.2) is 9.78 Å². The smallest absolute Gasteiger partial charge is 0.136 e. The maximum Gasteiger partial charge on any atom is 0.136 e. The normalized spacial score (nSPS) is 10.7. The molecule has 0 saturated heterocycles. The van der Waals surface area contributed by atoms with E-state index in [0.717, 1.165) is 14.5 Å². The van der Waals surface area contributed by atoms with Crippen molar-refractivity contribution in [1.29, 1.82) is 0 Å². The van der Waals surface area contributed by atoms with Crippen LogP contribution in [0.1, 0.15) is 5.56 Å². The van der Waals surface area contributed by atoms with Gasteiger partial charge in [-0.2, -0.15) is 5.10 Å². The topological polar surface area (TPSA) is 43.8 Å². The zero-order chi connectivity index (χ0) is 11.7. The highest BCUT2D eigenvalue weighted by molar-refractivity contribution is 9.10. The molecule has 84 valence electrons. The largest absolute Gasteiger partial charge is 0.383 e. The molecule has 2 N–H and O–H groups in total. The molecule has 2 aromatic rings. The molecule has 0 aliphatic rings. The van der Waals surface area contributed by atoms with E-state index in [-0.39, 0.29) is 0 Å². The van der Waals surface area contributed by atoms with E-state index in [1.165, 1.54) is 0 Å². The van der Waals surface area contributed by atoms with Crippen LogP contribution >= 0.6 is 43.5 Å². The van der Waals surface area contributed by atoms with Gasteiger partial charge in [0, 0.05) is 9.50 Å². The van der Waals surface area contributed by atoms with Gasteiger partial charge in [-0.15, -0.1) is 0 Å². The average molecular weight is 365 g/mol. The maximum absolute atomic E-state index is 6.09.